The zero-order chi connectivity index (χ0) is 22.2. The number of benzene rings is 2. The van der Waals surface area contributed by atoms with E-state index in [2.05, 4.69) is 5.32 Å². The lowest BCUT2D eigenvalue weighted by atomic mass is 10.2. The van der Waals surface area contributed by atoms with E-state index in [1.165, 1.54) is 30.6 Å². The van der Waals surface area contributed by atoms with E-state index in [1.807, 2.05) is 24.3 Å². The monoisotopic (exact) mass is 456 g/mol. The standard InChI is InChI=1S/C22H17ClN2O5S/c1-28-19-10-14(6-7-18(19)29-12-16-4-2-3-5-17(16)23)22(27)30-13-20(26)25-21-15(11-24)8-9-31-21/h2-10H,12-13H2,1H3,(H,25,26). The van der Waals surface area contributed by atoms with Crippen LogP contribution in [0, 0.1) is 11.3 Å². The third-order valence-electron chi connectivity index (χ3n) is 4.11. The molecule has 3 aromatic rings. The van der Waals surface area contributed by atoms with Gasteiger partial charge in [-0.3, -0.25) is 4.79 Å². The van der Waals surface area contributed by atoms with Crippen molar-refractivity contribution in [1.29, 1.82) is 5.26 Å². The second-order valence-electron chi connectivity index (χ2n) is 6.15. The van der Waals surface area contributed by atoms with E-state index in [0.29, 0.717) is 27.1 Å². The van der Waals surface area contributed by atoms with Gasteiger partial charge in [-0.15, -0.1) is 11.3 Å². The average molecular weight is 457 g/mol. The quantitative estimate of drug-likeness (QED) is 0.495. The van der Waals surface area contributed by atoms with Crippen LogP contribution < -0.4 is 14.8 Å². The van der Waals surface area contributed by atoms with Crippen molar-refractivity contribution in [2.45, 2.75) is 6.61 Å². The summed E-state index contributed by atoms with van der Waals surface area (Å²) < 4.78 is 16.1. The van der Waals surface area contributed by atoms with Crippen molar-refractivity contribution in [2.75, 3.05) is 19.0 Å². The van der Waals surface area contributed by atoms with Crippen molar-refractivity contribution in [1.82, 2.24) is 0 Å². The summed E-state index contributed by atoms with van der Waals surface area (Å²) in [6.45, 7) is -0.262. The number of hydrogen-bond acceptors (Lipinski definition) is 7. The molecule has 0 aliphatic rings. The molecule has 0 aliphatic heterocycles. The van der Waals surface area contributed by atoms with E-state index in [0.717, 1.165) is 5.56 Å². The molecule has 1 heterocycles. The Kier molecular flexibility index (Phi) is 7.49. The van der Waals surface area contributed by atoms with Crippen molar-refractivity contribution >= 4 is 39.8 Å². The molecule has 9 heteroatoms. The molecule has 0 radical (unpaired) electrons. The fraction of sp³-hybridized carbons (Fsp3) is 0.136. The number of ether oxygens (including phenoxy) is 3. The van der Waals surface area contributed by atoms with Gasteiger partial charge in [0.15, 0.2) is 18.1 Å². The molecule has 1 aromatic heterocycles. The molecule has 3 rings (SSSR count). The number of carbonyl (C=O) groups is 2. The first kappa shape index (κ1) is 22.2. The second kappa shape index (κ2) is 10.5. The summed E-state index contributed by atoms with van der Waals surface area (Å²) in [4.78, 5) is 24.3. The molecule has 0 fully saturated rings. The van der Waals surface area contributed by atoms with Gasteiger partial charge in [-0.1, -0.05) is 29.8 Å². The number of carbonyl (C=O) groups excluding carboxylic acids is 2. The Morgan fingerprint density at radius 1 is 1.16 bits per heavy atom. The largest absolute Gasteiger partial charge is 0.493 e. The molecule has 7 nitrogen and oxygen atoms in total. The summed E-state index contributed by atoms with van der Waals surface area (Å²) in [6.07, 6.45) is 0. The Labute approximate surface area is 187 Å². The fourth-order valence-electron chi connectivity index (χ4n) is 2.56. The van der Waals surface area contributed by atoms with Gasteiger partial charge in [0.2, 0.25) is 0 Å². The van der Waals surface area contributed by atoms with Crippen LogP contribution in [-0.4, -0.2) is 25.6 Å². The Morgan fingerprint density at radius 3 is 2.71 bits per heavy atom. The minimum Gasteiger partial charge on any atom is -0.493 e. The summed E-state index contributed by atoms with van der Waals surface area (Å²) >= 11 is 7.34. The lowest BCUT2D eigenvalue weighted by molar-refractivity contribution is -0.119. The normalized spacial score (nSPS) is 10.1. The number of nitrogens with zero attached hydrogens (tertiary/aromatic N) is 1. The van der Waals surface area contributed by atoms with E-state index < -0.39 is 18.5 Å². The number of amides is 1. The zero-order valence-electron chi connectivity index (χ0n) is 16.4. The predicted molar refractivity (Wildman–Crippen MR) is 117 cm³/mol. The summed E-state index contributed by atoms with van der Waals surface area (Å²) in [7, 11) is 1.45. The van der Waals surface area contributed by atoms with Crippen molar-refractivity contribution in [2.24, 2.45) is 0 Å². The Balaban J connectivity index is 1.59. The van der Waals surface area contributed by atoms with Crippen molar-refractivity contribution in [3.63, 3.8) is 0 Å². The number of nitrogens with one attached hydrogen (secondary N) is 1. The molecular weight excluding hydrogens is 440 g/mol. The highest BCUT2D eigenvalue weighted by molar-refractivity contribution is 7.14. The van der Waals surface area contributed by atoms with Crippen LogP contribution in [0.5, 0.6) is 11.5 Å². The SMILES string of the molecule is COc1cc(C(=O)OCC(=O)Nc2sccc2C#N)ccc1OCc1ccccc1Cl. The third-order valence-corrected chi connectivity index (χ3v) is 5.31. The number of anilines is 1. The zero-order valence-corrected chi connectivity index (χ0v) is 18.0. The van der Waals surface area contributed by atoms with Gasteiger partial charge < -0.3 is 19.5 Å². The maximum absolute atomic E-state index is 12.3. The first-order valence-corrected chi connectivity index (χ1v) is 10.3. The van der Waals surface area contributed by atoms with Gasteiger partial charge in [-0.25, -0.2) is 4.79 Å². The molecule has 31 heavy (non-hydrogen) atoms. The molecule has 0 atom stereocenters. The molecule has 158 valence electrons. The molecule has 0 aliphatic carbocycles. The lowest BCUT2D eigenvalue weighted by Gasteiger charge is -2.13. The predicted octanol–water partition coefficient (Wildman–Crippen LogP) is 4.66. The minimum atomic E-state index is -0.696. The topological polar surface area (TPSA) is 97.6 Å². The van der Waals surface area contributed by atoms with E-state index in [9.17, 15) is 9.59 Å². The molecule has 0 bridgehead atoms. The smallest absolute Gasteiger partial charge is 0.338 e. The van der Waals surface area contributed by atoms with Gasteiger partial charge in [0.1, 0.15) is 17.7 Å². The van der Waals surface area contributed by atoms with Crippen LogP contribution in [0.3, 0.4) is 0 Å². The van der Waals surface area contributed by atoms with E-state index in [4.69, 9.17) is 31.1 Å². The maximum Gasteiger partial charge on any atom is 0.338 e. The molecule has 0 saturated heterocycles. The molecule has 0 unspecified atom stereocenters. The molecular formula is C22H17ClN2O5S. The van der Waals surface area contributed by atoms with Gasteiger partial charge in [0.05, 0.1) is 18.2 Å². The van der Waals surface area contributed by atoms with Gasteiger partial charge in [0.25, 0.3) is 5.91 Å². The summed E-state index contributed by atoms with van der Waals surface area (Å²) in [5.74, 6) is -0.474. The highest BCUT2D eigenvalue weighted by atomic mass is 35.5. The van der Waals surface area contributed by atoms with E-state index in [-0.39, 0.29) is 12.2 Å². The van der Waals surface area contributed by atoms with Crippen LogP contribution in [0.25, 0.3) is 0 Å². The number of methoxy groups -OCH3 is 1. The number of rotatable bonds is 8. The van der Waals surface area contributed by atoms with Crippen LogP contribution in [0.2, 0.25) is 5.02 Å². The lowest BCUT2D eigenvalue weighted by Crippen LogP contribution is -2.20. The Hall–Kier alpha value is -3.54. The van der Waals surface area contributed by atoms with E-state index >= 15 is 0 Å². The number of nitriles is 1. The summed E-state index contributed by atoms with van der Waals surface area (Å²) in [6, 6.07) is 15.4. The van der Waals surface area contributed by atoms with Gasteiger partial charge in [-0.2, -0.15) is 5.26 Å². The van der Waals surface area contributed by atoms with Crippen molar-refractivity contribution in [3.05, 3.63) is 75.6 Å². The molecule has 0 saturated carbocycles. The Morgan fingerprint density at radius 2 is 1.97 bits per heavy atom. The summed E-state index contributed by atoms with van der Waals surface area (Å²) in [5, 5.41) is 14.2. The highest BCUT2D eigenvalue weighted by Crippen LogP contribution is 2.30. The van der Waals surface area contributed by atoms with Gasteiger partial charge >= 0.3 is 5.97 Å². The number of thiophene rings is 1. The minimum absolute atomic E-state index is 0.198. The van der Waals surface area contributed by atoms with Crippen LogP contribution in [0.15, 0.2) is 53.9 Å². The molecule has 1 N–H and O–H groups in total. The Bertz CT molecular complexity index is 1140. The highest BCUT2D eigenvalue weighted by Gasteiger charge is 2.15. The molecule has 1 amide bonds. The van der Waals surface area contributed by atoms with Crippen molar-refractivity contribution in [3.8, 4) is 17.6 Å². The molecule has 0 spiro atoms. The van der Waals surface area contributed by atoms with Crippen LogP contribution in [0.1, 0.15) is 21.5 Å². The third kappa shape index (κ3) is 5.75. The van der Waals surface area contributed by atoms with Gasteiger partial charge in [0, 0.05) is 10.6 Å². The van der Waals surface area contributed by atoms with E-state index in [1.54, 1.807) is 23.6 Å². The number of esters is 1. The van der Waals surface area contributed by atoms with Gasteiger partial charge in [-0.05, 0) is 35.7 Å². The van der Waals surface area contributed by atoms with Crippen LogP contribution >= 0.6 is 22.9 Å². The average Bonchev–Trinajstić information content (AvgIpc) is 3.23. The first-order chi connectivity index (χ1) is 15.0. The number of hydrogen-bond donors (Lipinski definition) is 1. The maximum atomic E-state index is 12.3. The van der Waals surface area contributed by atoms with Crippen molar-refractivity contribution < 1.29 is 23.8 Å². The second-order valence-corrected chi connectivity index (χ2v) is 7.47. The first-order valence-electron chi connectivity index (χ1n) is 9.00. The van der Waals surface area contributed by atoms with Crippen LogP contribution in [0.4, 0.5) is 5.00 Å². The summed E-state index contributed by atoms with van der Waals surface area (Å²) in [5.41, 5.74) is 1.36. The fourth-order valence-corrected chi connectivity index (χ4v) is 3.50. The van der Waals surface area contributed by atoms with Crippen LogP contribution in [-0.2, 0) is 16.1 Å². The molecule has 2 aromatic carbocycles. The number of halogens is 1.